The Morgan fingerprint density at radius 2 is 1.74 bits per heavy atom. The lowest BCUT2D eigenvalue weighted by atomic mass is 10.4. The van der Waals surface area contributed by atoms with Crippen LogP contribution in [0.25, 0.3) is 11.2 Å². The quantitative estimate of drug-likeness (QED) is 0.635. The SMILES string of the molecule is O=S(=O)(c1ccccc1)n1cc(I)c2nccnc21. The molecule has 7 heteroatoms. The van der Waals surface area contributed by atoms with Crippen LogP contribution in [-0.4, -0.2) is 22.4 Å². The fraction of sp³-hybridized carbons (Fsp3) is 0. The van der Waals surface area contributed by atoms with Gasteiger partial charge in [-0.25, -0.2) is 17.4 Å². The Labute approximate surface area is 123 Å². The highest BCUT2D eigenvalue weighted by atomic mass is 127. The van der Waals surface area contributed by atoms with Gasteiger partial charge >= 0.3 is 0 Å². The lowest BCUT2D eigenvalue weighted by Crippen LogP contribution is -2.12. The van der Waals surface area contributed by atoms with E-state index in [4.69, 9.17) is 0 Å². The van der Waals surface area contributed by atoms with E-state index in [1.807, 2.05) is 0 Å². The smallest absolute Gasteiger partial charge is 0.250 e. The summed E-state index contributed by atoms with van der Waals surface area (Å²) in [5, 5.41) is 0. The molecule has 0 bridgehead atoms. The number of hydrogen-bond acceptors (Lipinski definition) is 4. The van der Waals surface area contributed by atoms with Crippen molar-refractivity contribution in [2.24, 2.45) is 0 Å². The molecule has 0 aliphatic carbocycles. The Hall–Kier alpha value is -1.48. The van der Waals surface area contributed by atoms with Crippen LogP contribution in [0.3, 0.4) is 0 Å². The summed E-state index contributed by atoms with van der Waals surface area (Å²) in [7, 11) is -3.64. The zero-order valence-corrected chi connectivity index (χ0v) is 12.5. The third kappa shape index (κ3) is 2.02. The first-order valence-corrected chi connectivity index (χ1v) is 7.91. The number of fused-ring (bicyclic) bond motifs is 1. The van der Waals surface area contributed by atoms with Gasteiger partial charge in [0.25, 0.3) is 10.0 Å². The van der Waals surface area contributed by atoms with Gasteiger partial charge in [-0.3, -0.25) is 4.98 Å². The second-order valence-electron chi connectivity index (χ2n) is 3.82. The van der Waals surface area contributed by atoms with Crippen LogP contribution in [0.1, 0.15) is 0 Å². The topological polar surface area (TPSA) is 64.8 Å². The van der Waals surface area contributed by atoms with Gasteiger partial charge in [0.15, 0.2) is 5.65 Å². The maximum atomic E-state index is 12.6. The average molecular weight is 385 g/mol. The molecule has 0 unspecified atom stereocenters. The molecule has 3 aromatic rings. The standard InChI is InChI=1S/C12H8IN3O2S/c13-10-8-16(12-11(10)14-6-7-15-12)19(17,18)9-4-2-1-3-5-9/h1-8H. The molecule has 0 saturated heterocycles. The molecule has 0 aliphatic heterocycles. The zero-order chi connectivity index (χ0) is 13.5. The monoisotopic (exact) mass is 385 g/mol. The highest BCUT2D eigenvalue weighted by molar-refractivity contribution is 14.1. The molecule has 2 heterocycles. The number of hydrogen-bond donors (Lipinski definition) is 0. The largest absolute Gasteiger partial charge is 0.269 e. The van der Waals surface area contributed by atoms with Crippen molar-refractivity contribution in [1.82, 2.24) is 13.9 Å². The van der Waals surface area contributed by atoms with Crippen molar-refractivity contribution < 1.29 is 8.42 Å². The molecule has 0 spiro atoms. The molecule has 0 saturated carbocycles. The molecular formula is C12H8IN3O2S. The summed E-state index contributed by atoms with van der Waals surface area (Å²) in [5.41, 5.74) is 0.929. The molecular weight excluding hydrogens is 377 g/mol. The van der Waals surface area contributed by atoms with Gasteiger partial charge in [0.1, 0.15) is 5.52 Å². The van der Waals surface area contributed by atoms with E-state index in [1.54, 1.807) is 36.5 Å². The number of aromatic nitrogens is 3. The number of halogens is 1. The minimum Gasteiger partial charge on any atom is -0.250 e. The summed E-state index contributed by atoms with van der Waals surface area (Å²) in [5.74, 6) is 0. The van der Waals surface area contributed by atoms with Gasteiger partial charge < -0.3 is 0 Å². The average Bonchev–Trinajstić information content (AvgIpc) is 2.79. The van der Waals surface area contributed by atoms with Crippen molar-refractivity contribution in [2.45, 2.75) is 4.90 Å². The van der Waals surface area contributed by atoms with Crippen LogP contribution >= 0.6 is 22.6 Å². The van der Waals surface area contributed by atoms with Gasteiger partial charge in [-0.1, -0.05) is 18.2 Å². The Kier molecular flexibility index (Phi) is 3.02. The first kappa shape index (κ1) is 12.5. The van der Waals surface area contributed by atoms with E-state index in [-0.39, 0.29) is 4.90 Å². The number of rotatable bonds is 2. The fourth-order valence-electron chi connectivity index (χ4n) is 1.77. The summed E-state index contributed by atoms with van der Waals surface area (Å²) in [6.07, 6.45) is 4.56. The van der Waals surface area contributed by atoms with Gasteiger partial charge in [0.2, 0.25) is 0 Å². The first-order valence-electron chi connectivity index (χ1n) is 5.39. The van der Waals surface area contributed by atoms with Crippen LogP contribution in [-0.2, 0) is 10.0 Å². The molecule has 19 heavy (non-hydrogen) atoms. The Balaban J connectivity index is 2.31. The van der Waals surface area contributed by atoms with Crippen LogP contribution < -0.4 is 0 Å². The van der Waals surface area contributed by atoms with E-state index in [0.29, 0.717) is 11.2 Å². The van der Waals surface area contributed by atoms with Crippen LogP contribution in [0.5, 0.6) is 0 Å². The Morgan fingerprint density at radius 3 is 2.47 bits per heavy atom. The van der Waals surface area contributed by atoms with E-state index in [0.717, 1.165) is 3.57 Å². The molecule has 0 aliphatic rings. The van der Waals surface area contributed by atoms with Crippen molar-refractivity contribution in [3.8, 4) is 0 Å². The van der Waals surface area contributed by atoms with Crippen molar-refractivity contribution >= 4 is 43.8 Å². The number of benzene rings is 1. The molecule has 96 valence electrons. The summed E-state index contributed by atoms with van der Waals surface area (Å²) < 4.78 is 27.0. The third-order valence-electron chi connectivity index (χ3n) is 2.64. The first-order chi connectivity index (χ1) is 9.10. The predicted octanol–water partition coefficient (Wildman–Crippen LogP) is 2.27. The highest BCUT2D eigenvalue weighted by Gasteiger charge is 2.21. The van der Waals surface area contributed by atoms with Gasteiger partial charge in [0.05, 0.1) is 8.47 Å². The van der Waals surface area contributed by atoms with Gasteiger partial charge in [0, 0.05) is 18.6 Å². The molecule has 3 rings (SSSR count). The highest BCUT2D eigenvalue weighted by Crippen LogP contribution is 2.23. The molecule has 2 aromatic heterocycles. The summed E-state index contributed by atoms with van der Waals surface area (Å²) >= 11 is 2.05. The summed E-state index contributed by atoms with van der Waals surface area (Å²) in [6, 6.07) is 8.27. The molecule has 0 amide bonds. The van der Waals surface area contributed by atoms with Crippen LogP contribution in [0.4, 0.5) is 0 Å². The van der Waals surface area contributed by atoms with Crippen molar-refractivity contribution in [3.05, 3.63) is 52.5 Å². The molecule has 1 aromatic carbocycles. The van der Waals surface area contributed by atoms with Crippen LogP contribution in [0.15, 0.2) is 53.8 Å². The van der Waals surface area contributed by atoms with E-state index in [2.05, 4.69) is 32.6 Å². The van der Waals surface area contributed by atoms with Crippen molar-refractivity contribution in [1.29, 1.82) is 0 Å². The van der Waals surface area contributed by atoms with E-state index < -0.39 is 10.0 Å². The van der Waals surface area contributed by atoms with Gasteiger partial charge in [-0.15, -0.1) is 0 Å². The van der Waals surface area contributed by atoms with Crippen LogP contribution in [0.2, 0.25) is 0 Å². The molecule has 0 fully saturated rings. The maximum absolute atomic E-state index is 12.6. The molecule has 5 nitrogen and oxygen atoms in total. The minimum absolute atomic E-state index is 0.231. The second kappa shape index (κ2) is 4.57. The maximum Gasteiger partial charge on any atom is 0.269 e. The van der Waals surface area contributed by atoms with Gasteiger partial charge in [-0.2, -0.15) is 0 Å². The Morgan fingerprint density at radius 1 is 1.05 bits per heavy atom. The lowest BCUT2D eigenvalue weighted by molar-refractivity contribution is 0.588. The minimum atomic E-state index is -3.64. The predicted molar refractivity (Wildman–Crippen MR) is 79.3 cm³/mol. The van der Waals surface area contributed by atoms with E-state index in [1.165, 1.54) is 16.4 Å². The fourth-order valence-corrected chi connectivity index (χ4v) is 3.96. The second-order valence-corrected chi connectivity index (χ2v) is 6.80. The van der Waals surface area contributed by atoms with E-state index in [9.17, 15) is 8.42 Å². The Bertz CT molecular complexity index is 844. The summed E-state index contributed by atoms with van der Waals surface area (Å²) in [4.78, 5) is 8.49. The van der Waals surface area contributed by atoms with Gasteiger partial charge in [-0.05, 0) is 34.7 Å². The van der Waals surface area contributed by atoms with Crippen molar-refractivity contribution in [3.63, 3.8) is 0 Å². The zero-order valence-electron chi connectivity index (χ0n) is 9.56. The van der Waals surface area contributed by atoms with Crippen LogP contribution in [0, 0.1) is 3.57 Å². The normalized spacial score (nSPS) is 11.8. The van der Waals surface area contributed by atoms with Crippen molar-refractivity contribution in [2.75, 3.05) is 0 Å². The third-order valence-corrected chi connectivity index (χ3v) is 5.10. The lowest BCUT2D eigenvalue weighted by Gasteiger charge is -2.05. The molecule has 0 atom stereocenters. The number of nitrogens with zero attached hydrogens (tertiary/aromatic N) is 3. The van der Waals surface area contributed by atoms with E-state index >= 15 is 0 Å². The molecule has 0 N–H and O–H groups in total. The summed E-state index contributed by atoms with van der Waals surface area (Å²) in [6.45, 7) is 0. The molecule has 0 radical (unpaired) electrons.